The van der Waals surface area contributed by atoms with Crippen LogP contribution in [-0.4, -0.2) is 50.9 Å². The van der Waals surface area contributed by atoms with E-state index in [1.807, 2.05) is 71.3 Å². The molecule has 0 saturated heterocycles. The fraction of sp³-hybridized carbons (Fsp3) is 0.179. The standard InChI is InChI=1S/C39H35N5O4/c1-26-32(22-45)33(35(26)44-25-42-34-36(40-24-41-37(34)44)43-38(46)27-12-6-3-7-13-27)23-48-39(28-14-8-4-9-15-28,29-16-10-5-11-17-29)30-18-20-31(47-2)21-19-30/h3-21,24-25,32-33,35,45H,1,22-23H2,2H3,(H,40,41,43,46)/t32-,33+,35+/m0/s1. The molecule has 2 heterocycles. The fourth-order valence-corrected chi connectivity index (χ4v) is 6.77. The number of nitrogens with one attached hydrogen (secondary N) is 1. The third kappa shape index (κ3) is 5.42. The van der Waals surface area contributed by atoms with E-state index in [2.05, 4.69) is 51.1 Å². The number of imidazole rings is 1. The summed E-state index contributed by atoms with van der Waals surface area (Å²) in [5, 5.41) is 13.4. The molecule has 48 heavy (non-hydrogen) atoms. The lowest BCUT2D eigenvalue weighted by molar-refractivity contribution is -0.0502. The Morgan fingerprint density at radius 2 is 1.46 bits per heavy atom. The van der Waals surface area contributed by atoms with Crippen LogP contribution >= 0.6 is 0 Å². The van der Waals surface area contributed by atoms with Crippen molar-refractivity contribution in [2.75, 3.05) is 25.6 Å². The first-order chi connectivity index (χ1) is 23.5. The number of aromatic nitrogens is 4. The van der Waals surface area contributed by atoms with Crippen molar-refractivity contribution in [3.8, 4) is 5.75 Å². The average molecular weight is 638 g/mol. The van der Waals surface area contributed by atoms with Crippen molar-refractivity contribution in [3.63, 3.8) is 0 Å². The number of methoxy groups -OCH3 is 1. The minimum absolute atomic E-state index is 0.0738. The molecule has 1 aliphatic rings. The minimum Gasteiger partial charge on any atom is -0.497 e. The van der Waals surface area contributed by atoms with E-state index < -0.39 is 5.60 Å². The SMILES string of the molecule is C=C1[C@@H](n2cnc3c(NC(=O)c4ccccc4)ncnc32)[C@H](COC(c2ccccc2)(c2ccccc2)c2ccc(OC)cc2)[C@H]1CO. The van der Waals surface area contributed by atoms with Gasteiger partial charge in [-0.15, -0.1) is 0 Å². The van der Waals surface area contributed by atoms with E-state index in [1.165, 1.54) is 6.33 Å². The topological polar surface area (TPSA) is 111 Å². The first kappa shape index (κ1) is 31.0. The summed E-state index contributed by atoms with van der Waals surface area (Å²) in [6, 6.07) is 36.9. The van der Waals surface area contributed by atoms with E-state index >= 15 is 0 Å². The van der Waals surface area contributed by atoms with E-state index in [9.17, 15) is 9.90 Å². The Morgan fingerprint density at radius 1 is 0.854 bits per heavy atom. The van der Waals surface area contributed by atoms with Gasteiger partial charge >= 0.3 is 0 Å². The van der Waals surface area contributed by atoms with Crippen LogP contribution in [0.25, 0.3) is 11.2 Å². The van der Waals surface area contributed by atoms with Crippen LogP contribution in [0.5, 0.6) is 5.75 Å². The summed E-state index contributed by atoms with van der Waals surface area (Å²) in [5.74, 6) is 0.406. The predicted molar refractivity (Wildman–Crippen MR) is 184 cm³/mol. The monoisotopic (exact) mass is 637 g/mol. The van der Waals surface area contributed by atoms with Gasteiger partial charge in [-0.05, 0) is 46.5 Å². The number of hydrogen-bond acceptors (Lipinski definition) is 7. The van der Waals surface area contributed by atoms with E-state index in [0.29, 0.717) is 22.5 Å². The molecule has 0 bridgehead atoms. The van der Waals surface area contributed by atoms with E-state index in [1.54, 1.807) is 37.7 Å². The van der Waals surface area contributed by atoms with Crippen LogP contribution in [0.2, 0.25) is 0 Å². The summed E-state index contributed by atoms with van der Waals surface area (Å²) in [4.78, 5) is 26.4. The molecular weight excluding hydrogens is 602 g/mol. The van der Waals surface area contributed by atoms with Gasteiger partial charge < -0.3 is 24.5 Å². The van der Waals surface area contributed by atoms with E-state index in [-0.39, 0.29) is 37.0 Å². The maximum absolute atomic E-state index is 12.9. The maximum Gasteiger partial charge on any atom is 0.256 e. The highest BCUT2D eigenvalue weighted by molar-refractivity contribution is 6.06. The number of aliphatic hydroxyl groups excluding tert-OH is 1. The average Bonchev–Trinajstić information content (AvgIpc) is 3.57. The number of nitrogens with zero attached hydrogens (tertiary/aromatic N) is 4. The van der Waals surface area contributed by atoms with Crippen LogP contribution in [0.15, 0.2) is 140 Å². The zero-order valence-corrected chi connectivity index (χ0v) is 26.4. The number of ether oxygens (including phenoxy) is 2. The van der Waals surface area contributed by atoms with Gasteiger partial charge in [0, 0.05) is 17.4 Å². The van der Waals surface area contributed by atoms with Crippen LogP contribution in [0.1, 0.15) is 33.1 Å². The number of rotatable bonds is 11. The summed E-state index contributed by atoms with van der Waals surface area (Å²) in [7, 11) is 1.65. The molecule has 1 amide bonds. The van der Waals surface area contributed by atoms with Crippen LogP contribution in [0.3, 0.4) is 0 Å². The first-order valence-electron chi connectivity index (χ1n) is 15.8. The fourth-order valence-electron chi connectivity index (χ4n) is 6.77. The maximum atomic E-state index is 12.9. The highest BCUT2D eigenvalue weighted by Crippen LogP contribution is 2.51. The third-order valence-electron chi connectivity index (χ3n) is 9.25. The number of benzene rings is 4. The summed E-state index contributed by atoms with van der Waals surface area (Å²) in [6.07, 6.45) is 3.11. The van der Waals surface area contributed by atoms with Crippen molar-refractivity contribution in [2.45, 2.75) is 11.6 Å². The first-order valence-corrected chi connectivity index (χ1v) is 15.8. The van der Waals surface area contributed by atoms with Crippen LogP contribution < -0.4 is 10.1 Å². The summed E-state index contributed by atoms with van der Waals surface area (Å²) >= 11 is 0. The molecule has 4 aromatic carbocycles. The molecular formula is C39H35N5O4. The van der Waals surface area contributed by atoms with E-state index in [4.69, 9.17) is 9.47 Å². The largest absolute Gasteiger partial charge is 0.497 e. The molecule has 2 aromatic heterocycles. The minimum atomic E-state index is -0.968. The molecule has 1 fully saturated rings. The molecule has 3 atom stereocenters. The summed E-state index contributed by atoms with van der Waals surface area (Å²) < 4.78 is 14.6. The second kappa shape index (κ2) is 13.2. The van der Waals surface area contributed by atoms with Crippen molar-refractivity contribution >= 4 is 22.9 Å². The smallest absolute Gasteiger partial charge is 0.256 e. The van der Waals surface area contributed by atoms with Gasteiger partial charge in [-0.1, -0.05) is 97.6 Å². The Bertz CT molecular complexity index is 1990. The van der Waals surface area contributed by atoms with Crippen LogP contribution in [0.4, 0.5) is 5.82 Å². The second-order valence-corrected chi connectivity index (χ2v) is 11.8. The molecule has 0 spiro atoms. The molecule has 9 heteroatoms. The summed E-state index contributed by atoms with van der Waals surface area (Å²) in [5.41, 5.74) is 4.29. The zero-order chi connectivity index (χ0) is 33.1. The second-order valence-electron chi connectivity index (χ2n) is 11.8. The normalized spacial score (nSPS) is 17.5. The van der Waals surface area contributed by atoms with Crippen molar-refractivity contribution in [3.05, 3.63) is 162 Å². The van der Waals surface area contributed by atoms with Gasteiger partial charge in [0.05, 0.1) is 32.7 Å². The lowest BCUT2D eigenvalue weighted by Gasteiger charge is -2.48. The van der Waals surface area contributed by atoms with Crippen molar-refractivity contribution < 1.29 is 19.4 Å². The Morgan fingerprint density at radius 3 is 2.06 bits per heavy atom. The van der Waals surface area contributed by atoms with Crippen molar-refractivity contribution in [2.24, 2.45) is 11.8 Å². The molecule has 7 rings (SSSR count). The van der Waals surface area contributed by atoms with Gasteiger partial charge in [0.1, 0.15) is 17.7 Å². The molecule has 6 aromatic rings. The lowest BCUT2D eigenvalue weighted by atomic mass is 9.66. The van der Waals surface area contributed by atoms with Crippen LogP contribution in [-0.2, 0) is 10.3 Å². The molecule has 1 saturated carbocycles. The Hall–Kier alpha value is -5.64. The number of anilines is 1. The van der Waals surface area contributed by atoms with Gasteiger partial charge in [-0.3, -0.25) is 4.79 Å². The van der Waals surface area contributed by atoms with Crippen molar-refractivity contribution in [1.29, 1.82) is 0 Å². The number of carbonyl (C=O) groups excluding carboxylic acids is 1. The molecule has 0 radical (unpaired) electrons. The molecule has 0 aliphatic heterocycles. The highest BCUT2D eigenvalue weighted by atomic mass is 16.5. The molecule has 2 N–H and O–H groups in total. The van der Waals surface area contributed by atoms with Gasteiger partial charge in [0.2, 0.25) is 0 Å². The Labute approximate surface area is 278 Å². The van der Waals surface area contributed by atoms with Crippen molar-refractivity contribution in [1.82, 2.24) is 19.5 Å². The molecule has 240 valence electrons. The zero-order valence-electron chi connectivity index (χ0n) is 26.4. The Kier molecular flexibility index (Phi) is 8.54. The third-order valence-corrected chi connectivity index (χ3v) is 9.25. The Balaban J connectivity index is 1.25. The lowest BCUT2D eigenvalue weighted by Crippen LogP contribution is -2.47. The number of hydrogen-bond donors (Lipinski definition) is 2. The number of aliphatic hydroxyl groups is 1. The molecule has 0 unspecified atom stereocenters. The molecule has 1 aliphatic carbocycles. The van der Waals surface area contributed by atoms with Gasteiger partial charge in [-0.25, -0.2) is 15.0 Å². The predicted octanol–water partition coefficient (Wildman–Crippen LogP) is 6.43. The number of carbonyl (C=O) groups is 1. The van der Waals surface area contributed by atoms with Crippen LogP contribution in [0, 0.1) is 11.8 Å². The number of fused-ring (bicyclic) bond motifs is 1. The van der Waals surface area contributed by atoms with Gasteiger partial charge in [-0.2, -0.15) is 0 Å². The number of amides is 1. The molecule has 9 nitrogen and oxygen atoms in total. The van der Waals surface area contributed by atoms with Gasteiger partial charge in [0.25, 0.3) is 5.91 Å². The summed E-state index contributed by atoms with van der Waals surface area (Å²) in [6.45, 7) is 4.58. The van der Waals surface area contributed by atoms with E-state index in [0.717, 1.165) is 28.0 Å². The highest BCUT2D eigenvalue weighted by Gasteiger charge is 2.48. The quantitative estimate of drug-likeness (QED) is 0.124. The van der Waals surface area contributed by atoms with Gasteiger partial charge in [0.15, 0.2) is 17.0 Å².